The Bertz CT molecular complexity index is 1120. The lowest BCUT2D eigenvalue weighted by Gasteiger charge is -2.11. The van der Waals surface area contributed by atoms with Crippen LogP contribution in [0.5, 0.6) is 0 Å². The van der Waals surface area contributed by atoms with Crippen LogP contribution in [-0.4, -0.2) is 24.3 Å². The van der Waals surface area contributed by atoms with E-state index in [9.17, 15) is 13.2 Å². The average molecular weight is 411 g/mol. The number of nitrogens with zero attached hydrogens (tertiary/aromatic N) is 2. The van der Waals surface area contributed by atoms with Crippen molar-refractivity contribution in [2.75, 3.05) is 10.1 Å². The molecular weight excluding hydrogens is 390 g/mol. The van der Waals surface area contributed by atoms with Crippen molar-refractivity contribution in [2.45, 2.75) is 25.7 Å². The van der Waals surface area contributed by atoms with Gasteiger partial charge >= 0.3 is 0 Å². The van der Waals surface area contributed by atoms with E-state index in [0.29, 0.717) is 5.69 Å². The van der Waals surface area contributed by atoms with Gasteiger partial charge in [0.2, 0.25) is 5.95 Å². The van der Waals surface area contributed by atoms with Gasteiger partial charge in [0.05, 0.1) is 10.6 Å². The highest BCUT2D eigenvalue weighted by Crippen LogP contribution is 2.19. The minimum Gasteiger partial charge on any atom is -0.279 e. The Morgan fingerprint density at radius 2 is 1.52 bits per heavy atom. The van der Waals surface area contributed by atoms with Gasteiger partial charge < -0.3 is 0 Å². The fraction of sp³-hybridized carbons (Fsp3) is 0.150. The van der Waals surface area contributed by atoms with Crippen LogP contribution in [-0.2, 0) is 10.0 Å². The van der Waals surface area contributed by atoms with Crippen molar-refractivity contribution in [2.24, 2.45) is 0 Å². The van der Waals surface area contributed by atoms with E-state index in [1.54, 1.807) is 12.1 Å². The third-order valence-electron chi connectivity index (χ3n) is 4.09. The lowest BCUT2D eigenvalue weighted by Crippen LogP contribution is -2.30. The number of nitrogens with one attached hydrogen (secondary N) is 3. The fourth-order valence-electron chi connectivity index (χ4n) is 2.64. The summed E-state index contributed by atoms with van der Waals surface area (Å²) in [7, 11) is -3.76. The van der Waals surface area contributed by atoms with Gasteiger partial charge in [0, 0.05) is 17.0 Å². The van der Waals surface area contributed by atoms with E-state index >= 15 is 0 Å². The molecule has 1 amide bonds. The highest BCUT2D eigenvalue weighted by molar-refractivity contribution is 7.92. The van der Waals surface area contributed by atoms with Crippen molar-refractivity contribution in [1.29, 1.82) is 0 Å². The Hall–Kier alpha value is -3.46. The lowest BCUT2D eigenvalue weighted by atomic mass is 10.2. The second-order valence-corrected chi connectivity index (χ2v) is 8.18. The second-order valence-electron chi connectivity index (χ2n) is 6.50. The van der Waals surface area contributed by atoms with Crippen LogP contribution in [0.3, 0.4) is 0 Å². The number of hydrogen-bond acceptors (Lipinski definition) is 6. The lowest BCUT2D eigenvalue weighted by molar-refractivity contribution is 0.0962. The zero-order valence-electron chi connectivity index (χ0n) is 16.2. The van der Waals surface area contributed by atoms with Gasteiger partial charge in [0.15, 0.2) is 0 Å². The average Bonchev–Trinajstić information content (AvgIpc) is 2.67. The maximum absolute atomic E-state index is 12.6. The molecule has 3 N–H and O–H groups in total. The van der Waals surface area contributed by atoms with Gasteiger partial charge in [0.25, 0.3) is 15.9 Å². The van der Waals surface area contributed by atoms with Crippen LogP contribution in [0.15, 0.2) is 59.5 Å². The SMILES string of the molecule is Cc1cc(C)nc(NNC(=O)c2ccc(S(=O)(=O)Nc3ccccc3C)cc2)n1. The standard InChI is InChI=1S/C20H21N5O3S/c1-13-6-4-5-7-18(13)25-29(27,28)17-10-8-16(9-11-17)19(26)23-24-20-21-14(2)12-15(3)22-20/h4-12,25H,1-3H3,(H,23,26)(H,21,22,24). The zero-order valence-corrected chi connectivity index (χ0v) is 17.0. The molecule has 0 bridgehead atoms. The van der Waals surface area contributed by atoms with Gasteiger partial charge in [0.1, 0.15) is 0 Å². The van der Waals surface area contributed by atoms with Gasteiger partial charge in [-0.05, 0) is 62.7 Å². The Balaban J connectivity index is 1.68. The number of hydrogen-bond donors (Lipinski definition) is 3. The van der Waals surface area contributed by atoms with Gasteiger partial charge in [-0.1, -0.05) is 18.2 Å². The Morgan fingerprint density at radius 1 is 0.897 bits per heavy atom. The molecule has 0 aliphatic carbocycles. The van der Waals surface area contributed by atoms with Crippen LogP contribution < -0.4 is 15.6 Å². The van der Waals surface area contributed by atoms with Crippen LogP contribution in [0.2, 0.25) is 0 Å². The molecule has 0 unspecified atom stereocenters. The van der Waals surface area contributed by atoms with E-state index in [1.807, 2.05) is 39.0 Å². The Kier molecular flexibility index (Phi) is 5.79. The molecule has 2 aromatic carbocycles. The Labute approximate surface area is 169 Å². The first kappa shape index (κ1) is 20.3. The smallest absolute Gasteiger partial charge is 0.269 e. The molecule has 0 saturated carbocycles. The van der Waals surface area contributed by atoms with E-state index in [1.165, 1.54) is 24.3 Å². The predicted molar refractivity (Wildman–Crippen MR) is 111 cm³/mol. The van der Waals surface area contributed by atoms with E-state index in [4.69, 9.17) is 0 Å². The largest absolute Gasteiger partial charge is 0.279 e. The quantitative estimate of drug-likeness (QED) is 0.538. The number of amides is 1. The fourth-order valence-corrected chi connectivity index (χ4v) is 3.77. The predicted octanol–water partition coefficient (Wildman–Crippen LogP) is 2.96. The van der Waals surface area contributed by atoms with Crippen LogP contribution in [0, 0.1) is 20.8 Å². The molecule has 0 aliphatic heterocycles. The molecule has 1 aromatic heterocycles. The minimum atomic E-state index is -3.76. The molecule has 1 heterocycles. The molecule has 0 saturated heterocycles. The number of rotatable bonds is 6. The number of carbonyl (C=O) groups is 1. The molecule has 0 aliphatic rings. The van der Waals surface area contributed by atoms with Gasteiger partial charge in [-0.15, -0.1) is 0 Å². The van der Waals surface area contributed by atoms with E-state index in [0.717, 1.165) is 17.0 Å². The summed E-state index contributed by atoms with van der Waals surface area (Å²) in [6.07, 6.45) is 0. The third-order valence-corrected chi connectivity index (χ3v) is 5.47. The van der Waals surface area contributed by atoms with Crippen LogP contribution in [0.25, 0.3) is 0 Å². The van der Waals surface area contributed by atoms with Crippen molar-refractivity contribution in [1.82, 2.24) is 15.4 Å². The van der Waals surface area contributed by atoms with Crippen molar-refractivity contribution in [3.05, 3.63) is 77.1 Å². The highest BCUT2D eigenvalue weighted by Gasteiger charge is 2.16. The summed E-state index contributed by atoms with van der Waals surface area (Å²) in [6, 6.07) is 14.5. The minimum absolute atomic E-state index is 0.0582. The van der Waals surface area contributed by atoms with Crippen molar-refractivity contribution in [3.63, 3.8) is 0 Å². The molecule has 29 heavy (non-hydrogen) atoms. The van der Waals surface area contributed by atoms with Crippen molar-refractivity contribution in [3.8, 4) is 0 Å². The summed E-state index contributed by atoms with van der Waals surface area (Å²) >= 11 is 0. The topological polar surface area (TPSA) is 113 Å². The number of para-hydroxylation sites is 1. The monoisotopic (exact) mass is 411 g/mol. The Morgan fingerprint density at radius 3 is 2.14 bits per heavy atom. The zero-order chi connectivity index (χ0) is 21.0. The summed E-state index contributed by atoms with van der Waals surface area (Å²) in [4.78, 5) is 20.7. The molecule has 0 atom stereocenters. The molecule has 0 fully saturated rings. The summed E-state index contributed by atoms with van der Waals surface area (Å²) in [6.45, 7) is 5.47. The molecule has 8 nitrogen and oxygen atoms in total. The highest BCUT2D eigenvalue weighted by atomic mass is 32.2. The number of carbonyl (C=O) groups excluding carboxylic acids is 1. The third kappa shape index (κ3) is 5.08. The molecule has 0 spiro atoms. The molecule has 3 aromatic rings. The number of aromatic nitrogens is 2. The maximum atomic E-state index is 12.6. The van der Waals surface area contributed by atoms with Gasteiger partial charge in [-0.2, -0.15) is 0 Å². The van der Waals surface area contributed by atoms with Crippen LogP contribution >= 0.6 is 0 Å². The number of hydrazine groups is 1. The number of aryl methyl sites for hydroxylation is 3. The summed E-state index contributed by atoms with van der Waals surface area (Å²) in [5.41, 5.74) is 8.30. The summed E-state index contributed by atoms with van der Waals surface area (Å²) < 4.78 is 27.7. The first-order valence-electron chi connectivity index (χ1n) is 8.82. The van der Waals surface area contributed by atoms with Crippen LogP contribution in [0.1, 0.15) is 27.3 Å². The van der Waals surface area contributed by atoms with E-state index in [-0.39, 0.29) is 16.4 Å². The molecule has 9 heteroatoms. The molecule has 3 rings (SSSR count). The normalized spacial score (nSPS) is 11.0. The number of anilines is 2. The first-order chi connectivity index (χ1) is 13.7. The molecule has 150 valence electrons. The van der Waals surface area contributed by atoms with Crippen molar-refractivity contribution < 1.29 is 13.2 Å². The summed E-state index contributed by atoms with van der Waals surface area (Å²) in [5, 5.41) is 0. The summed E-state index contributed by atoms with van der Waals surface area (Å²) in [5.74, 6) is -0.166. The number of benzene rings is 2. The first-order valence-corrected chi connectivity index (χ1v) is 10.3. The maximum Gasteiger partial charge on any atom is 0.269 e. The van der Waals surface area contributed by atoms with E-state index in [2.05, 4.69) is 25.5 Å². The van der Waals surface area contributed by atoms with Gasteiger partial charge in [-0.3, -0.25) is 20.4 Å². The van der Waals surface area contributed by atoms with Crippen LogP contribution in [0.4, 0.5) is 11.6 Å². The van der Waals surface area contributed by atoms with Gasteiger partial charge in [-0.25, -0.2) is 18.4 Å². The molecule has 0 radical (unpaired) electrons. The number of sulfonamides is 1. The molecular formula is C20H21N5O3S. The van der Waals surface area contributed by atoms with Crippen molar-refractivity contribution >= 4 is 27.6 Å². The van der Waals surface area contributed by atoms with E-state index < -0.39 is 15.9 Å². The second kappa shape index (κ2) is 8.27.